The molecule has 2 aromatic carbocycles. The minimum atomic E-state index is -0.962. The largest absolute Gasteiger partial charge is 0.493 e. The van der Waals surface area contributed by atoms with Crippen LogP contribution in [0.25, 0.3) is 11.5 Å². The number of halogens is 1. The Balaban J connectivity index is 1.69. The first-order valence-electron chi connectivity index (χ1n) is 9.46. The van der Waals surface area contributed by atoms with Crippen molar-refractivity contribution in [2.45, 2.75) is 6.54 Å². The maximum Gasteiger partial charge on any atom is 0.437 e. The number of para-hydroxylation sites is 1. The zero-order chi connectivity index (χ0) is 24.0. The third-order valence-electron chi connectivity index (χ3n) is 4.35. The van der Waals surface area contributed by atoms with Crippen molar-refractivity contribution >= 4 is 23.2 Å². The van der Waals surface area contributed by atoms with Crippen molar-refractivity contribution in [2.24, 2.45) is 0 Å². The molecule has 3 aromatic rings. The highest BCUT2D eigenvalue weighted by molar-refractivity contribution is 6.32. The fourth-order valence-corrected chi connectivity index (χ4v) is 3.00. The van der Waals surface area contributed by atoms with E-state index in [0.717, 1.165) is 10.7 Å². The van der Waals surface area contributed by atoms with E-state index in [2.05, 4.69) is 10.4 Å². The van der Waals surface area contributed by atoms with E-state index < -0.39 is 28.8 Å². The number of nitro groups is 1. The molecule has 3 rings (SSSR count). The number of nitrogens with one attached hydrogen (secondary N) is 1. The normalized spacial score (nSPS) is 10.5. The van der Waals surface area contributed by atoms with Gasteiger partial charge in [0.05, 0.1) is 36.8 Å². The zero-order valence-corrected chi connectivity index (χ0v) is 18.3. The Kier molecular flexibility index (Phi) is 7.51. The summed E-state index contributed by atoms with van der Waals surface area (Å²) in [6.45, 7) is -0.174. The first-order valence-corrected chi connectivity index (χ1v) is 9.84. The van der Waals surface area contributed by atoms with Gasteiger partial charge in [0.2, 0.25) is 5.91 Å². The molecule has 0 radical (unpaired) electrons. The number of benzene rings is 2. The van der Waals surface area contributed by atoms with E-state index in [1.165, 1.54) is 20.3 Å². The summed E-state index contributed by atoms with van der Waals surface area (Å²) < 4.78 is 21.5. The summed E-state index contributed by atoms with van der Waals surface area (Å²) in [5, 5.41) is 18.4. The molecule has 0 aliphatic carbocycles. The fraction of sp³-hybridized carbons (Fsp3) is 0.250. The van der Waals surface area contributed by atoms with Crippen LogP contribution in [-0.4, -0.2) is 48.0 Å². The summed E-state index contributed by atoms with van der Waals surface area (Å²) in [7, 11) is 2.68. The molecule has 0 saturated heterocycles. The maximum absolute atomic E-state index is 12.2. The highest BCUT2D eigenvalue weighted by Crippen LogP contribution is 2.38. The number of ether oxygens (including phenoxy) is 3. The average Bonchev–Trinajstić information content (AvgIpc) is 3.16. The predicted octanol–water partition coefficient (Wildman–Crippen LogP) is 2.28. The van der Waals surface area contributed by atoms with Crippen LogP contribution < -0.4 is 25.3 Å². The van der Waals surface area contributed by atoms with Crippen LogP contribution in [0.5, 0.6) is 17.2 Å². The molecule has 0 aliphatic heterocycles. The lowest BCUT2D eigenvalue weighted by Crippen LogP contribution is -2.34. The van der Waals surface area contributed by atoms with Crippen molar-refractivity contribution in [2.75, 3.05) is 27.4 Å². The number of carbonyl (C=O) groups excluding carboxylic acids is 1. The summed E-state index contributed by atoms with van der Waals surface area (Å²) in [6, 6.07) is 9.27. The second kappa shape index (κ2) is 10.5. The van der Waals surface area contributed by atoms with E-state index >= 15 is 0 Å². The molecule has 0 fully saturated rings. The second-order valence-electron chi connectivity index (χ2n) is 6.44. The van der Waals surface area contributed by atoms with Crippen molar-refractivity contribution in [3.8, 4) is 28.7 Å². The van der Waals surface area contributed by atoms with Crippen LogP contribution in [0.1, 0.15) is 0 Å². The van der Waals surface area contributed by atoms with Crippen LogP contribution in [-0.2, 0) is 11.3 Å². The van der Waals surface area contributed by atoms with E-state index in [-0.39, 0.29) is 36.1 Å². The molecule has 0 atom stereocenters. The Bertz CT molecular complexity index is 1220. The van der Waals surface area contributed by atoms with Gasteiger partial charge in [-0.25, -0.2) is 4.79 Å². The van der Waals surface area contributed by atoms with Gasteiger partial charge < -0.3 is 23.9 Å². The minimum absolute atomic E-state index is 0.109. The first kappa shape index (κ1) is 23.6. The SMILES string of the molecule is COc1cc(-c2nn(CC(=O)NCCOc3ccccc3Cl)c(=O)o2)c([N+](=O)[O-])cc1OC. The fourth-order valence-electron chi connectivity index (χ4n) is 2.81. The van der Waals surface area contributed by atoms with E-state index in [0.29, 0.717) is 10.8 Å². The third kappa shape index (κ3) is 5.60. The van der Waals surface area contributed by atoms with Gasteiger partial charge in [-0.3, -0.25) is 14.9 Å². The topological polar surface area (TPSA) is 148 Å². The molecule has 1 N–H and O–H groups in total. The summed E-state index contributed by atoms with van der Waals surface area (Å²) >= 11 is 5.98. The molecular formula is C20H19ClN4O8. The van der Waals surface area contributed by atoms with Crippen LogP contribution >= 0.6 is 11.6 Å². The standard InChI is InChI=1S/C20H19ClN4O8/c1-30-16-9-12(14(25(28)29)10-17(16)31-2)19-23-24(20(27)33-19)11-18(26)22-7-8-32-15-6-4-3-5-13(15)21/h3-6,9-10H,7-8,11H2,1-2H3,(H,22,26). The summed E-state index contributed by atoms with van der Waals surface area (Å²) in [5.74, 6) is -1.08. The molecule has 0 aliphatic rings. The quantitative estimate of drug-likeness (QED) is 0.263. The van der Waals surface area contributed by atoms with Gasteiger partial charge in [0, 0.05) is 6.07 Å². The lowest BCUT2D eigenvalue weighted by Gasteiger charge is -2.09. The number of amides is 1. The number of hydrogen-bond donors (Lipinski definition) is 1. The Hall–Kier alpha value is -4.06. The van der Waals surface area contributed by atoms with Gasteiger partial charge in [0.15, 0.2) is 11.5 Å². The molecular weight excluding hydrogens is 460 g/mol. The number of hydrogen-bond acceptors (Lipinski definition) is 9. The molecule has 174 valence electrons. The lowest BCUT2D eigenvalue weighted by atomic mass is 10.1. The Morgan fingerprint density at radius 3 is 2.58 bits per heavy atom. The molecule has 0 spiro atoms. The van der Waals surface area contributed by atoms with Crippen molar-refractivity contribution in [3.63, 3.8) is 0 Å². The smallest absolute Gasteiger partial charge is 0.437 e. The zero-order valence-electron chi connectivity index (χ0n) is 17.6. The molecule has 0 saturated carbocycles. The van der Waals surface area contributed by atoms with Gasteiger partial charge in [-0.1, -0.05) is 23.7 Å². The Morgan fingerprint density at radius 1 is 1.21 bits per heavy atom. The predicted molar refractivity (Wildman–Crippen MR) is 116 cm³/mol. The molecule has 12 nitrogen and oxygen atoms in total. The third-order valence-corrected chi connectivity index (χ3v) is 4.66. The monoisotopic (exact) mass is 478 g/mol. The minimum Gasteiger partial charge on any atom is -0.493 e. The van der Waals surface area contributed by atoms with E-state index in [9.17, 15) is 19.7 Å². The van der Waals surface area contributed by atoms with Crippen LogP contribution in [0.15, 0.2) is 45.6 Å². The second-order valence-corrected chi connectivity index (χ2v) is 6.85. The van der Waals surface area contributed by atoms with Crippen LogP contribution in [0.4, 0.5) is 5.69 Å². The molecule has 33 heavy (non-hydrogen) atoms. The van der Waals surface area contributed by atoms with Crippen molar-refractivity contribution < 1.29 is 28.3 Å². The van der Waals surface area contributed by atoms with Gasteiger partial charge in [0.25, 0.3) is 11.6 Å². The highest BCUT2D eigenvalue weighted by atomic mass is 35.5. The number of carbonyl (C=O) groups is 1. The summed E-state index contributed by atoms with van der Waals surface area (Å²) in [5.41, 5.74) is -0.524. The number of aromatic nitrogens is 2. The van der Waals surface area contributed by atoms with Crippen LogP contribution in [0, 0.1) is 10.1 Å². The summed E-state index contributed by atoms with van der Waals surface area (Å²) in [4.78, 5) is 35.1. The molecule has 0 unspecified atom stereocenters. The van der Waals surface area contributed by atoms with E-state index in [4.69, 9.17) is 30.2 Å². The molecule has 13 heteroatoms. The molecule has 1 heterocycles. The molecule has 1 amide bonds. The number of methoxy groups -OCH3 is 2. The summed E-state index contributed by atoms with van der Waals surface area (Å²) in [6.07, 6.45) is 0. The molecule has 0 bridgehead atoms. The number of rotatable bonds is 10. The van der Waals surface area contributed by atoms with Gasteiger partial charge in [-0.05, 0) is 12.1 Å². The Morgan fingerprint density at radius 2 is 1.91 bits per heavy atom. The highest BCUT2D eigenvalue weighted by Gasteiger charge is 2.25. The van der Waals surface area contributed by atoms with Crippen LogP contribution in [0.3, 0.4) is 0 Å². The van der Waals surface area contributed by atoms with Gasteiger partial charge in [-0.15, -0.1) is 5.10 Å². The number of nitro benzene ring substituents is 1. The van der Waals surface area contributed by atoms with Crippen LogP contribution in [0.2, 0.25) is 5.02 Å². The van der Waals surface area contributed by atoms with Gasteiger partial charge in [-0.2, -0.15) is 4.68 Å². The van der Waals surface area contributed by atoms with E-state index in [1.54, 1.807) is 24.3 Å². The van der Waals surface area contributed by atoms with Gasteiger partial charge in [0.1, 0.15) is 24.5 Å². The molecule has 1 aromatic heterocycles. The lowest BCUT2D eigenvalue weighted by molar-refractivity contribution is -0.384. The maximum atomic E-state index is 12.2. The van der Waals surface area contributed by atoms with Crippen molar-refractivity contribution in [1.29, 1.82) is 0 Å². The van der Waals surface area contributed by atoms with Crippen molar-refractivity contribution in [3.05, 3.63) is 62.1 Å². The first-order chi connectivity index (χ1) is 15.8. The number of nitrogens with zero attached hydrogens (tertiary/aromatic N) is 3. The Labute approximate surface area is 191 Å². The van der Waals surface area contributed by atoms with Gasteiger partial charge >= 0.3 is 5.76 Å². The van der Waals surface area contributed by atoms with Crippen molar-refractivity contribution in [1.82, 2.24) is 15.1 Å². The van der Waals surface area contributed by atoms with E-state index in [1.807, 2.05) is 0 Å². The average molecular weight is 479 g/mol.